The second-order valence-corrected chi connectivity index (χ2v) is 12.8. The Bertz CT molecular complexity index is 3050. The minimum Gasteiger partial charge on any atom is -0.464 e. The molecular formula is C46H27NO2. The Morgan fingerprint density at radius 1 is 0.408 bits per heavy atom. The molecule has 0 bridgehead atoms. The van der Waals surface area contributed by atoms with Crippen molar-refractivity contribution in [2.45, 2.75) is 0 Å². The van der Waals surface area contributed by atoms with E-state index in [9.17, 15) is 0 Å². The maximum Gasteiger partial charge on any atom is 0.142 e. The van der Waals surface area contributed by atoms with Gasteiger partial charge in [-0.15, -0.1) is 0 Å². The van der Waals surface area contributed by atoms with Crippen molar-refractivity contribution in [3.63, 3.8) is 0 Å². The van der Waals surface area contributed by atoms with Crippen molar-refractivity contribution in [3.8, 4) is 27.9 Å². The van der Waals surface area contributed by atoms with Gasteiger partial charge < -0.3 is 13.4 Å². The number of nitrogens with zero attached hydrogens (tertiary/aromatic N) is 1. The van der Waals surface area contributed by atoms with Crippen LogP contribution in [0.3, 0.4) is 0 Å². The van der Waals surface area contributed by atoms with E-state index < -0.39 is 0 Å². The lowest BCUT2D eigenvalue weighted by Crippen LogP contribution is -1.93. The molecule has 3 heterocycles. The largest absolute Gasteiger partial charge is 0.464 e. The molecule has 3 nitrogen and oxygen atoms in total. The van der Waals surface area contributed by atoms with Crippen LogP contribution in [0.5, 0.6) is 0 Å². The zero-order chi connectivity index (χ0) is 32.1. The van der Waals surface area contributed by atoms with Gasteiger partial charge in [-0.3, -0.25) is 0 Å². The predicted octanol–water partition coefficient (Wildman–Crippen LogP) is 13.1. The second-order valence-electron chi connectivity index (χ2n) is 12.8. The molecule has 11 rings (SSSR count). The Morgan fingerprint density at radius 2 is 1.02 bits per heavy atom. The van der Waals surface area contributed by atoms with Crippen LogP contribution in [-0.2, 0) is 0 Å². The van der Waals surface area contributed by atoms with E-state index in [4.69, 9.17) is 8.83 Å². The molecule has 3 aromatic heterocycles. The summed E-state index contributed by atoms with van der Waals surface area (Å²) in [6, 6.07) is 56.4. The van der Waals surface area contributed by atoms with Crippen LogP contribution in [0.1, 0.15) is 0 Å². The molecule has 49 heavy (non-hydrogen) atoms. The van der Waals surface area contributed by atoms with Crippen LogP contribution in [0.4, 0.5) is 0 Å². The van der Waals surface area contributed by atoms with E-state index in [1.165, 1.54) is 54.5 Å². The van der Waals surface area contributed by atoms with Gasteiger partial charge in [0.15, 0.2) is 0 Å². The Labute approximate surface area is 280 Å². The van der Waals surface area contributed by atoms with Crippen LogP contribution < -0.4 is 0 Å². The maximum atomic E-state index is 6.48. The quantitative estimate of drug-likeness (QED) is 0.183. The second kappa shape index (κ2) is 9.96. The number of aromatic nitrogens is 1. The van der Waals surface area contributed by atoms with Gasteiger partial charge in [-0.1, -0.05) is 109 Å². The van der Waals surface area contributed by atoms with E-state index in [0.717, 1.165) is 49.7 Å². The van der Waals surface area contributed by atoms with Gasteiger partial charge in [0.25, 0.3) is 0 Å². The molecule has 0 aliphatic carbocycles. The van der Waals surface area contributed by atoms with Crippen molar-refractivity contribution in [1.82, 2.24) is 4.57 Å². The minimum absolute atomic E-state index is 0.864. The Hall–Kier alpha value is -6.58. The van der Waals surface area contributed by atoms with Crippen molar-refractivity contribution in [1.29, 1.82) is 0 Å². The number of fused-ring (bicyclic) bond motifs is 9. The fourth-order valence-electron chi connectivity index (χ4n) is 8.25. The van der Waals surface area contributed by atoms with Crippen LogP contribution in [0.25, 0.3) is 104 Å². The average molecular weight is 626 g/mol. The van der Waals surface area contributed by atoms with E-state index in [0.29, 0.717) is 0 Å². The predicted molar refractivity (Wildman–Crippen MR) is 204 cm³/mol. The molecule has 0 atom stereocenters. The summed E-state index contributed by atoms with van der Waals surface area (Å²) in [5.41, 5.74) is 10.8. The monoisotopic (exact) mass is 625 g/mol. The van der Waals surface area contributed by atoms with Gasteiger partial charge >= 0.3 is 0 Å². The fraction of sp³-hybridized carbons (Fsp3) is 0. The number of benzene rings is 8. The standard InChI is InChI=1S/C46H27NO2/c1-2-12-30(13-3-1)47-38-20-10-8-14-31(38)37-26-28(22-23-39(37)47)42-32-15-4-6-17-34(32)43(35-18-7-5-16-33(35)42)45-44-36-19-9-11-21-40(36)49-41(44)27-29-24-25-48-46(29)45/h1-27H. The normalized spacial score (nSPS) is 12.1. The number of para-hydroxylation sites is 3. The summed E-state index contributed by atoms with van der Waals surface area (Å²) < 4.78 is 15.2. The highest BCUT2D eigenvalue weighted by Gasteiger charge is 2.24. The average Bonchev–Trinajstić information content (AvgIpc) is 3.87. The van der Waals surface area contributed by atoms with Crippen molar-refractivity contribution < 1.29 is 8.83 Å². The van der Waals surface area contributed by atoms with Gasteiger partial charge in [0.1, 0.15) is 16.7 Å². The molecular weight excluding hydrogens is 599 g/mol. The summed E-state index contributed by atoms with van der Waals surface area (Å²) in [6.07, 6.45) is 1.79. The number of hydrogen-bond acceptors (Lipinski definition) is 2. The molecule has 228 valence electrons. The summed E-state index contributed by atoms with van der Waals surface area (Å²) in [7, 11) is 0. The summed E-state index contributed by atoms with van der Waals surface area (Å²) in [4.78, 5) is 0. The third kappa shape index (κ3) is 3.67. The van der Waals surface area contributed by atoms with Crippen molar-refractivity contribution in [2.24, 2.45) is 0 Å². The molecule has 11 aromatic rings. The Balaban J connectivity index is 1.27. The first-order valence-corrected chi connectivity index (χ1v) is 16.7. The maximum absolute atomic E-state index is 6.48. The molecule has 0 aliphatic heterocycles. The van der Waals surface area contributed by atoms with Crippen LogP contribution in [0, 0.1) is 0 Å². The van der Waals surface area contributed by atoms with Crippen LogP contribution in [0.15, 0.2) is 173 Å². The zero-order valence-electron chi connectivity index (χ0n) is 26.4. The summed E-state index contributed by atoms with van der Waals surface area (Å²) in [6.45, 7) is 0. The number of furan rings is 2. The molecule has 0 spiro atoms. The SMILES string of the molecule is c1ccc(-n2c3ccccc3c3cc(-c4c5ccccc5c(-c5c6occc6cc6oc7ccccc7c56)c5ccccc45)ccc32)cc1. The molecule has 0 radical (unpaired) electrons. The first-order valence-electron chi connectivity index (χ1n) is 16.7. The molecule has 0 fully saturated rings. The fourth-order valence-corrected chi connectivity index (χ4v) is 8.25. The number of hydrogen-bond donors (Lipinski definition) is 0. The van der Waals surface area contributed by atoms with Crippen molar-refractivity contribution >= 4 is 76.3 Å². The van der Waals surface area contributed by atoms with E-state index in [1.54, 1.807) is 6.26 Å². The van der Waals surface area contributed by atoms with Gasteiger partial charge in [0.05, 0.1) is 17.3 Å². The molecule has 0 saturated carbocycles. The van der Waals surface area contributed by atoms with E-state index in [2.05, 4.69) is 144 Å². The Morgan fingerprint density at radius 3 is 1.78 bits per heavy atom. The van der Waals surface area contributed by atoms with Gasteiger partial charge in [-0.05, 0) is 81.2 Å². The lowest BCUT2D eigenvalue weighted by molar-refractivity contribution is 0.617. The Kier molecular flexibility index (Phi) is 5.38. The molecule has 8 aromatic carbocycles. The number of rotatable bonds is 3. The van der Waals surface area contributed by atoms with Crippen LogP contribution >= 0.6 is 0 Å². The van der Waals surface area contributed by atoms with Crippen molar-refractivity contribution in [2.75, 3.05) is 0 Å². The first kappa shape index (κ1) is 26.5. The van der Waals surface area contributed by atoms with Crippen molar-refractivity contribution in [3.05, 3.63) is 164 Å². The zero-order valence-corrected chi connectivity index (χ0v) is 26.4. The molecule has 3 heteroatoms. The van der Waals surface area contributed by atoms with E-state index in [-0.39, 0.29) is 0 Å². The minimum atomic E-state index is 0.864. The van der Waals surface area contributed by atoms with Crippen LogP contribution in [0.2, 0.25) is 0 Å². The van der Waals surface area contributed by atoms with E-state index in [1.807, 2.05) is 18.2 Å². The summed E-state index contributed by atoms with van der Waals surface area (Å²) >= 11 is 0. The highest BCUT2D eigenvalue weighted by atomic mass is 16.3. The molecule has 0 amide bonds. The van der Waals surface area contributed by atoms with E-state index >= 15 is 0 Å². The summed E-state index contributed by atoms with van der Waals surface area (Å²) in [5, 5.41) is 10.4. The highest BCUT2D eigenvalue weighted by molar-refractivity contribution is 6.29. The molecule has 0 N–H and O–H groups in total. The lowest BCUT2D eigenvalue weighted by atomic mass is 9.84. The van der Waals surface area contributed by atoms with Crippen LogP contribution in [-0.4, -0.2) is 4.57 Å². The highest BCUT2D eigenvalue weighted by Crippen LogP contribution is 2.50. The summed E-state index contributed by atoms with van der Waals surface area (Å²) in [5.74, 6) is 0. The van der Waals surface area contributed by atoms with Gasteiger partial charge in [-0.25, -0.2) is 0 Å². The topological polar surface area (TPSA) is 31.2 Å². The smallest absolute Gasteiger partial charge is 0.142 e. The third-order valence-corrected chi connectivity index (χ3v) is 10.2. The molecule has 0 unspecified atom stereocenters. The third-order valence-electron chi connectivity index (χ3n) is 10.2. The first-order chi connectivity index (χ1) is 24.3. The van der Waals surface area contributed by atoms with Gasteiger partial charge in [0, 0.05) is 43.7 Å². The van der Waals surface area contributed by atoms with Gasteiger partial charge in [0.2, 0.25) is 0 Å². The van der Waals surface area contributed by atoms with Gasteiger partial charge in [-0.2, -0.15) is 0 Å². The molecule has 0 aliphatic rings. The molecule has 0 saturated heterocycles. The lowest BCUT2D eigenvalue weighted by Gasteiger charge is -2.18.